The monoisotopic (exact) mass is 221 g/mol. The first-order chi connectivity index (χ1) is 7.08. The van der Waals surface area contributed by atoms with Crippen LogP contribution in [-0.4, -0.2) is 16.1 Å². The lowest BCUT2D eigenvalue weighted by Crippen LogP contribution is -1.94. The Balaban J connectivity index is 2.57. The summed E-state index contributed by atoms with van der Waals surface area (Å²) in [5.74, 6) is -0.522. The molecular weight excluding hydrogens is 210 g/mol. The minimum absolute atomic E-state index is 0.295. The van der Waals surface area contributed by atoms with E-state index in [1.54, 1.807) is 23.5 Å². The van der Waals surface area contributed by atoms with E-state index in [1.165, 1.54) is 0 Å². The highest BCUT2D eigenvalue weighted by Gasteiger charge is 2.09. The second-order valence-corrected chi connectivity index (χ2v) is 4.76. The number of carboxylic acid groups (broad SMARTS) is 1. The molecule has 0 aliphatic heterocycles. The topological polar surface area (TPSA) is 50.2 Å². The highest BCUT2D eigenvalue weighted by atomic mass is 32.1. The maximum atomic E-state index is 10.8. The van der Waals surface area contributed by atoms with Crippen molar-refractivity contribution in [2.75, 3.05) is 0 Å². The summed E-state index contributed by atoms with van der Waals surface area (Å²) in [6, 6.07) is 5.06. The van der Waals surface area contributed by atoms with E-state index >= 15 is 0 Å². The summed E-state index contributed by atoms with van der Waals surface area (Å²) in [7, 11) is 0. The summed E-state index contributed by atoms with van der Waals surface area (Å²) in [4.78, 5) is 15.2. The lowest BCUT2D eigenvalue weighted by Gasteiger charge is -1.94. The van der Waals surface area contributed by atoms with E-state index in [0.29, 0.717) is 11.5 Å². The van der Waals surface area contributed by atoms with Gasteiger partial charge >= 0.3 is 5.97 Å². The Morgan fingerprint density at radius 3 is 2.80 bits per heavy atom. The van der Waals surface area contributed by atoms with E-state index < -0.39 is 5.97 Å². The van der Waals surface area contributed by atoms with Gasteiger partial charge in [-0.25, -0.2) is 9.78 Å². The Labute approximate surface area is 91.4 Å². The molecule has 0 aliphatic rings. The molecule has 0 fully saturated rings. The molecule has 0 amide bonds. The summed E-state index contributed by atoms with van der Waals surface area (Å²) >= 11 is 1.62. The van der Waals surface area contributed by atoms with Crippen LogP contribution in [0, 0.1) is 0 Å². The summed E-state index contributed by atoms with van der Waals surface area (Å²) in [5, 5.41) is 9.88. The molecule has 2 rings (SSSR count). The Kier molecular flexibility index (Phi) is 2.44. The quantitative estimate of drug-likeness (QED) is 0.847. The third kappa shape index (κ3) is 1.85. The van der Waals surface area contributed by atoms with Crippen molar-refractivity contribution in [3.8, 4) is 0 Å². The molecule has 78 valence electrons. The van der Waals surface area contributed by atoms with Gasteiger partial charge in [0.15, 0.2) is 0 Å². The minimum Gasteiger partial charge on any atom is -0.478 e. The number of benzene rings is 1. The zero-order valence-corrected chi connectivity index (χ0v) is 9.34. The second kappa shape index (κ2) is 3.62. The fraction of sp³-hybridized carbons (Fsp3) is 0.273. The van der Waals surface area contributed by atoms with E-state index in [9.17, 15) is 4.79 Å². The smallest absolute Gasteiger partial charge is 0.335 e. The zero-order valence-electron chi connectivity index (χ0n) is 8.52. The molecule has 1 heterocycles. The second-order valence-electron chi connectivity index (χ2n) is 3.69. The summed E-state index contributed by atoms with van der Waals surface area (Å²) in [6.45, 7) is 4.16. The third-order valence-electron chi connectivity index (χ3n) is 2.14. The molecule has 0 saturated heterocycles. The van der Waals surface area contributed by atoms with Crippen molar-refractivity contribution >= 4 is 27.5 Å². The molecule has 3 nitrogen and oxygen atoms in total. The molecule has 2 aromatic rings. The minimum atomic E-state index is -0.906. The van der Waals surface area contributed by atoms with Crippen molar-refractivity contribution in [1.29, 1.82) is 0 Å². The molecule has 1 aromatic carbocycles. The zero-order chi connectivity index (χ0) is 11.0. The molecule has 0 atom stereocenters. The van der Waals surface area contributed by atoms with Gasteiger partial charge in [-0.15, -0.1) is 11.3 Å². The third-order valence-corrected chi connectivity index (χ3v) is 3.48. The van der Waals surface area contributed by atoms with Crippen LogP contribution in [0.25, 0.3) is 10.2 Å². The molecule has 15 heavy (non-hydrogen) atoms. The van der Waals surface area contributed by atoms with Crippen LogP contribution in [0.3, 0.4) is 0 Å². The standard InChI is InChI=1S/C11H11NO2S/c1-6(2)10-12-8-5-7(11(13)14)3-4-9(8)15-10/h3-6H,1-2H3,(H,13,14). The lowest BCUT2D eigenvalue weighted by atomic mass is 10.2. The van der Waals surface area contributed by atoms with Crippen molar-refractivity contribution in [2.45, 2.75) is 19.8 Å². The van der Waals surface area contributed by atoms with Gasteiger partial charge < -0.3 is 5.11 Å². The van der Waals surface area contributed by atoms with E-state index in [2.05, 4.69) is 18.8 Å². The van der Waals surface area contributed by atoms with Crippen LogP contribution in [0.15, 0.2) is 18.2 Å². The maximum Gasteiger partial charge on any atom is 0.335 e. The predicted molar refractivity (Wildman–Crippen MR) is 60.7 cm³/mol. The first-order valence-corrected chi connectivity index (χ1v) is 5.53. The average Bonchev–Trinajstić information content (AvgIpc) is 2.59. The highest BCUT2D eigenvalue weighted by molar-refractivity contribution is 7.18. The largest absolute Gasteiger partial charge is 0.478 e. The van der Waals surface area contributed by atoms with Crippen LogP contribution >= 0.6 is 11.3 Å². The van der Waals surface area contributed by atoms with E-state index in [0.717, 1.165) is 15.2 Å². The Bertz CT molecular complexity index is 516. The number of carbonyl (C=O) groups is 1. The summed E-state index contributed by atoms with van der Waals surface area (Å²) < 4.78 is 1.05. The van der Waals surface area contributed by atoms with Crippen LogP contribution in [0.2, 0.25) is 0 Å². The fourth-order valence-corrected chi connectivity index (χ4v) is 2.28. The van der Waals surface area contributed by atoms with Crippen LogP contribution in [-0.2, 0) is 0 Å². The number of rotatable bonds is 2. The molecule has 4 heteroatoms. The Morgan fingerprint density at radius 2 is 2.20 bits per heavy atom. The van der Waals surface area contributed by atoms with Crippen molar-refractivity contribution in [2.24, 2.45) is 0 Å². The van der Waals surface area contributed by atoms with Crippen molar-refractivity contribution in [1.82, 2.24) is 4.98 Å². The SMILES string of the molecule is CC(C)c1nc2cc(C(=O)O)ccc2s1. The molecule has 0 aliphatic carbocycles. The number of aromatic carboxylic acids is 1. The number of hydrogen-bond acceptors (Lipinski definition) is 3. The lowest BCUT2D eigenvalue weighted by molar-refractivity contribution is 0.0697. The van der Waals surface area contributed by atoms with E-state index in [-0.39, 0.29) is 0 Å². The maximum absolute atomic E-state index is 10.8. The highest BCUT2D eigenvalue weighted by Crippen LogP contribution is 2.27. The van der Waals surface area contributed by atoms with Gasteiger partial charge in [-0.2, -0.15) is 0 Å². The van der Waals surface area contributed by atoms with Gasteiger partial charge in [0.05, 0.1) is 20.8 Å². The van der Waals surface area contributed by atoms with Crippen LogP contribution in [0.4, 0.5) is 0 Å². The molecule has 0 unspecified atom stereocenters. The molecule has 1 aromatic heterocycles. The first-order valence-electron chi connectivity index (χ1n) is 4.71. The van der Waals surface area contributed by atoms with Gasteiger partial charge in [0, 0.05) is 5.92 Å². The van der Waals surface area contributed by atoms with Gasteiger partial charge in [-0.1, -0.05) is 13.8 Å². The number of carboxylic acids is 1. The van der Waals surface area contributed by atoms with Crippen molar-refractivity contribution in [3.63, 3.8) is 0 Å². The van der Waals surface area contributed by atoms with Crippen LogP contribution < -0.4 is 0 Å². The van der Waals surface area contributed by atoms with Gasteiger partial charge in [0.25, 0.3) is 0 Å². The molecule has 0 bridgehead atoms. The molecular formula is C11H11NO2S. The normalized spacial score (nSPS) is 11.1. The first kappa shape index (κ1) is 10.1. The van der Waals surface area contributed by atoms with Gasteiger partial charge in [-0.3, -0.25) is 0 Å². The summed E-state index contributed by atoms with van der Waals surface area (Å²) in [5.41, 5.74) is 1.08. The molecule has 0 spiro atoms. The van der Waals surface area contributed by atoms with Crippen LogP contribution in [0.1, 0.15) is 35.1 Å². The van der Waals surface area contributed by atoms with E-state index in [4.69, 9.17) is 5.11 Å². The van der Waals surface area contributed by atoms with Gasteiger partial charge in [0.1, 0.15) is 0 Å². The Hall–Kier alpha value is -1.42. The van der Waals surface area contributed by atoms with Crippen molar-refractivity contribution in [3.05, 3.63) is 28.8 Å². The molecule has 0 radical (unpaired) electrons. The number of nitrogens with zero attached hydrogens (tertiary/aromatic N) is 1. The average molecular weight is 221 g/mol. The van der Waals surface area contributed by atoms with E-state index in [1.807, 2.05) is 6.07 Å². The van der Waals surface area contributed by atoms with Gasteiger partial charge in [-0.05, 0) is 18.2 Å². The predicted octanol–water partition coefficient (Wildman–Crippen LogP) is 3.12. The number of aromatic nitrogens is 1. The van der Waals surface area contributed by atoms with Crippen LogP contribution in [0.5, 0.6) is 0 Å². The number of thiazole rings is 1. The number of fused-ring (bicyclic) bond motifs is 1. The summed E-state index contributed by atoms with van der Waals surface area (Å²) in [6.07, 6.45) is 0. The fourth-order valence-electron chi connectivity index (χ4n) is 1.33. The molecule has 1 N–H and O–H groups in total. The van der Waals surface area contributed by atoms with Crippen molar-refractivity contribution < 1.29 is 9.90 Å². The Morgan fingerprint density at radius 1 is 1.47 bits per heavy atom. The molecule has 0 saturated carbocycles. The van der Waals surface area contributed by atoms with Gasteiger partial charge in [0.2, 0.25) is 0 Å². The number of hydrogen-bond donors (Lipinski definition) is 1.